The molecule has 0 unspecified atom stereocenters. The number of ether oxygens (including phenoxy) is 1. The molecule has 0 aliphatic heterocycles. The number of carbonyl (C=O) groups is 2. The maximum absolute atomic E-state index is 11.5. The number of hydrogen-bond donors (Lipinski definition) is 3. The molecule has 0 aromatic heterocycles. The summed E-state index contributed by atoms with van der Waals surface area (Å²) < 4.78 is 5.12. The fourth-order valence-corrected chi connectivity index (χ4v) is 3.01. The van der Waals surface area contributed by atoms with Crippen molar-refractivity contribution in [2.45, 2.75) is 38.0 Å². The number of benzene rings is 2. The fourth-order valence-electron chi connectivity index (χ4n) is 3.01. The molecule has 0 saturated heterocycles. The normalized spacial score (nSPS) is 11.1. The van der Waals surface area contributed by atoms with Gasteiger partial charge in [-0.3, -0.25) is 9.59 Å². The Morgan fingerprint density at radius 1 is 0.889 bits per heavy atom. The van der Waals surface area contributed by atoms with E-state index in [1.54, 1.807) is 24.3 Å². The van der Waals surface area contributed by atoms with Gasteiger partial charge in [-0.15, -0.1) is 0 Å². The van der Waals surface area contributed by atoms with E-state index in [4.69, 9.17) is 9.84 Å². The average Bonchev–Trinajstić information content (AvgIpc) is 2.64. The van der Waals surface area contributed by atoms with Crippen LogP contribution in [0.1, 0.15) is 43.7 Å². The molecule has 27 heavy (non-hydrogen) atoms. The van der Waals surface area contributed by atoms with Crippen molar-refractivity contribution >= 4 is 11.9 Å². The average molecular weight is 372 g/mol. The lowest BCUT2D eigenvalue weighted by Gasteiger charge is -2.31. The highest BCUT2D eigenvalue weighted by molar-refractivity contribution is 5.76. The Morgan fingerprint density at radius 2 is 1.37 bits per heavy atom. The fraction of sp³-hybridized carbons (Fsp3) is 0.333. The van der Waals surface area contributed by atoms with E-state index in [1.807, 2.05) is 24.3 Å². The summed E-state index contributed by atoms with van der Waals surface area (Å²) in [6, 6.07) is 13.9. The smallest absolute Gasteiger partial charge is 0.306 e. The van der Waals surface area contributed by atoms with Crippen molar-refractivity contribution < 1.29 is 29.6 Å². The summed E-state index contributed by atoms with van der Waals surface area (Å²) in [5, 5.41) is 27.7. The van der Waals surface area contributed by atoms with Crippen LogP contribution in [0.5, 0.6) is 11.5 Å². The summed E-state index contributed by atoms with van der Waals surface area (Å²) in [6.45, 7) is 2.25. The van der Waals surface area contributed by atoms with Crippen LogP contribution in [0.4, 0.5) is 0 Å². The van der Waals surface area contributed by atoms with Crippen molar-refractivity contribution in [3.8, 4) is 11.5 Å². The van der Waals surface area contributed by atoms with Crippen molar-refractivity contribution in [1.29, 1.82) is 0 Å². The highest BCUT2D eigenvalue weighted by Gasteiger charge is 2.28. The maximum atomic E-state index is 11.5. The number of carbonyl (C=O) groups excluding carboxylic acids is 1. The van der Waals surface area contributed by atoms with E-state index in [0.717, 1.165) is 11.1 Å². The molecular weight excluding hydrogens is 348 g/mol. The minimum Gasteiger partial charge on any atom is -0.508 e. The maximum Gasteiger partial charge on any atom is 0.306 e. The first kappa shape index (κ1) is 20.3. The number of hydrogen-bond acceptors (Lipinski definition) is 5. The summed E-state index contributed by atoms with van der Waals surface area (Å²) in [6.07, 6.45) is 0.867. The summed E-state index contributed by atoms with van der Waals surface area (Å²) in [7, 11) is 0. The number of esters is 1. The standard InChI is InChI=1S/C21H24O6/c1-21(15-3-7-17(22)8-4-15,16-5-9-18(23)10-6-16)13-2-14-27-20(26)12-11-19(24)25/h3-10,22-23H,2,11-14H2,1H3,(H,24,25). The Kier molecular flexibility index (Phi) is 6.82. The van der Waals surface area contributed by atoms with E-state index in [9.17, 15) is 19.8 Å². The number of phenols is 2. The van der Waals surface area contributed by atoms with Gasteiger partial charge in [0.05, 0.1) is 19.4 Å². The van der Waals surface area contributed by atoms with Crippen molar-refractivity contribution in [3.05, 3.63) is 59.7 Å². The molecule has 3 N–H and O–H groups in total. The largest absolute Gasteiger partial charge is 0.508 e. The summed E-state index contributed by atoms with van der Waals surface area (Å²) in [5.74, 6) is -1.19. The molecule has 0 aliphatic carbocycles. The number of aliphatic carboxylic acids is 1. The van der Waals surface area contributed by atoms with Gasteiger partial charge in [0.2, 0.25) is 0 Å². The Balaban J connectivity index is 2.07. The van der Waals surface area contributed by atoms with Gasteiger partial charge in [-0.25, -0.2) is 0 Å². The third kappa shape index (κ3) is 5.74. The Hall–Kier alpha value is -3.02. The molecule has 144 valence electrons. The minimum atomic E-state index is -1.03. The topological polar surface area (TPSA) is 104 Å². The zero-order valence-electron chi connectivity index (χ0n) is 15.2. The number of rotatable bonds is 9. The van der Waals surface area contributed by atoms with E-state index >= 15 is 0 Å². The van der Waals surface area contributed by atoms with E-state index in [0.29, 0.717) is 12.8 Å². The van der Waals surface area contributed by atoms with Gasteiger partial charge in [0.15, 0.2) is 0 Å². The van der Waals surface area contributed by atoms with Crippen molar-refractivity contribution in [2.75, 3.05) is 6.61 Å². The third-order valence-corrected chi connectivity index (χ3v) is 4.64. The molecule has 0 bridgehead atoms. The summed E-state index contributed by atoms with van der Waals surface area (Å²) in [5.41, 5.74) is 1.57. The van der Waals surface area contributed by atoms with Crippen LogP contribution < -0.4 is 0 Å². The van der Waals surface area contributed by atoms with Crippen LogP contribution >= 0.6 is 0 Å². The summed E-state index contributed by atoms with van der Waals surface area (Å²) >= 11 is 0. The molecule has 6 nitrogen and oxygen atoms in total. The number of aromatic hydroxyl groups is 2. The predicted molar refractivity (Wildman–Crippen MR) is 99.7 cm³/mol. The summed E-state index contributed by atoms with van der Waals surface area (Å²) in [4.78, 5) is 22.0. The van der Waals surface area contributed by atoms with E-state index in [1.165, 1.54) is 0 Å². The monoisotopic (exact) mass is 372 g/mol. The Labute approximate surface area is 158 Å². The molecule has 0 aliphatic rings. The molecule has 0 saturated carbocycles. The van der Waals surface area contributed by atoms with Crippen LogP contribution in [0.25, 0.3) is 0 Å². The molecule has 0 spiro atoms. The van der Waals surface area contributed by atoms with Gasteiger partial charge in [-0.1, -0.05) is 31.2 Å². The molecule has 2 rings (SSSR count). The van der Waals surface area contributed by atoms with Crippen molar-refractivity contribution in [1.82, 2.24) is 0 Å². The van der Waals surface area contributed by atoms with Crippen LogP contribution in [0.2, 0.25) is 0 Å². The van der Waals surface area contributed by atoms with Crippen LogP contribution in [0.15, 0.2) is 48.5 Å². The second-order valence-corrected chi connectivity index (χ2v) is 6.64. The van der Waals surface area contributed by atoms with Crippen LogP contribution in [-0.4, -0.2) is 33.9 Å². The highest BCUT2D eigenvalue weighted by atomic mass is 16.5. The second-order valence-electron chi connectivity index (χ2n) is 6.64. The lowest BCUT2D eigenvalue weighted by Crippen LogP contribution is -2.24. The first-order chi connectivity index (χ1) is 12.8. The first-order valence-corrected chi connectivity index (χ1v) is 8.78. The lowest BCUT2D eigenvalue weighted by molar-refractivity contribution is -0.147. The number of carboxylic acids is 1. The van der Waals surface area contributed by atoms with Gasteiger partial charge in [-0.05, 0) is 48.2 Å². The highest BCUT2D eigenvalue weighted by Crippen LogP contribution is 2.37. The Bertz CT molecular complexity index is 719. The zero-order valence-corrected chi connectivity index (χ0v) is 15.2. The molecule has 0 radical (unpaired) electrons. The Morgan fingerprint density at radius 3 is 1.81 bits per heavy atom. The molecule has 2 aromatic rings. The number of carboxylic acid groups (broad SMARTS) is 1. The molecule has 0 fully saturated rings. The van der Waals surface area contributed by atoms with Crippen molar-refractivity contribution in [2.24, 2.45) is 0 Å². The molecular formula is C21H24O6. The number of phenolic OH excluding ortho intramolecular Hbond substituents is 2. The molecule has 2 aromatic carbocycles. The molecule has 0 amide bonds. The predicted octanol–water partition coefficient (Wildman–Crippen LogP) is 3.59. The minimum absolute atomic E-state index is 0.136. The molecule has 0 atom stereocenters. The second kappa shape index (κ2) is 9.07. The van der Waals surface area contributed by atoms with E-state index in [-0.39, 0.29) is 30.9 Å². The molecule has 6 heteroatoms. The van der Waals surface area contributed by atoms with Gasteiger partial charge in [0.1, 0.15) is 11.5 Å². The lowest BCUT2D eigenvalue weighted by atomic mass is 9.73. The van der Waals surface area contributed by atoms with Crippen LogP contribution in [-0.2, 0) is 19.7 Å². The zero-order chi connectivity index (χ0) is 19.9. The van der Waals surface area contributed by atoms with Crippen molar-refractivity contribution in [3.63, 3.8) is 0 Å². The van der Waals surface area contributed by atoms with Crippen LogP contribution in [0.3, 0.4) is 0 Å². The van der Waals surface area contributed by atoms with Gasteiger partial charge < -0.3 is 20.1 Å². The SMILES string of the molecule is CC(CCCOC(=O)CCC(=O)O)(c1ccc(O)cc1)c1ccc(O)cc1. The third-order valence-electron chi connectivity index (χ3n) is 4.64. The molecule has 0 heterocycles. The first-order valence-electron chi connectivity index (χ1n) is 8.78. The van der Waals surface area contributed by atoms with Gasteiger partial charge in [-0.2, -0.15) is 0 Å². The van der Waals surface area contributed by atoms with E-state index < -0.39 is 17.4 Å². The van der Waals surface area contributed by atoms with Gasteiger partial charge in [0, 0.05) is 5.41 Å². The van der Waals surface area contributed by atoms with Gasteiger partial charge >= 0.3 is 11.9 Å². The van der Waals surface area contributed by atoms with Crippen LogP contribution in [0, 0.1) is 0 Å². The quantitative estimate of drug-likeness (QED) is 0.459. The van der Waals surface area contributed by atoms with E-state index in [2.05, 4.69) is 6.92 Å². The van der Waals surface area contributed by atoms with Gasteiger partial charge in [0.25, 0.3) is 0 Å².